The molecular formula is C17H25N3O2S. The lowest BCUT2D eigenvalue weighted by Gasteiger charge is -2.16. The van der Waals surface area contributed by atoms with E-state index < -0.39 is 5.56 Å². The Morgan fingerprint density at radius 2 is 2.30 bits per heavy atom. The van der Waals surface area contributed by atoms with Crippen LogP contribution in [0.2, 0.25) is 0 Å². The minimum absolute atomic E-state index is 0.0129. The number of aromatic nitrogens is 2. The van der Waals surface area contributed by atoms with Crippen molar-refractivity contribution < 1.29 is 5.11 Å². The molecule has 0 radical (unpaired) electrons. The molecular weight excluding hydrogens is 310 g/mol. The van der Waals surface area contributed by atoms with Gasteiger partial charge in [0.25, 0.3) is 5.56 Å². The Bertz CT molecular complexity index is 716. The smallest absolute Gasteiger partial charge is 0.264 e. The molecule has 2 N–H and O–H groups in total. The molecule has 1 aromatic rings. The predicted molar refractivity (Wildman–Crippen MR) is 96.2 cm³/mol. The molecule has 0 aromatic carbocycles. The summed E-state index contributed by atoms with van der Waals surface area (Å²) in [6, 6.07) is 0.0129. The van der Waals surface area contributed by atoms with Crippen LogP contribution in [0.5, 0.6) is 5.88 Å². The fourth-order valence-electron chi connectivity index (χ4n) is 2.76. The zero-order valence-electron chi connectivity index (χ0n) is 13.8. The third-order valence-corrected chi connectivity index (χ3v) is 4.65. The van der Waals surface area contributed by atoms with Crippen molar-refractivity contribution in [2.75, 3.05) is 6.54 Å². The summed E-state index contributed by atoms with van der Waals surface area (Å²) in [5.41, 5.74) is 1.23. The molecule has 0 bridgehead atoms. The highest BCUT2D eigenvalue weighted by molar-refractivity contribution is 7.71. The predicted octanol–water partition coefficient (Wildman–Crippen LogP) is 3.89. The molecule has 6 heteroatoms. The van der Waals surface area contributed by atoms with Crippen LogP contribution in [0.25, 0.3) is 0 Å². The van der Waals surface area contributed by atoms with Crippen LogP contribution in [0.15, 0.2) is 21.4 Å². The van der Waals surface area contributed by atoms with E-state index in [2.05, 4.69) is 16.1 Å². The Morgan fingerprint density at radius 3 is 2.96 bits per heavy atom. The van der Waals surface area contributed by atoms with Gasteiger partial charge in [-0.15, -0.1) is 0 Å². The topological polar surface area (TPSA) is 70.4 Å². The molecule has 126 valence electrons. The number of aromatic amines is 1. The van der Waals surface area contributed by atoms with E-state index in [0.29, 0.717) is 6.54 Å². The molecule has 0 aliphatic heterocycles. The second-order valence-corrected chi connectivity index (χ2v) is 6.40. The van der Waals surface area contributed by atoms with Crippen LogP contribution in [0.1, 0.15) is 64.0 Å². The van der Waals surface area contributed by atoms with Gasteiger partial charge in [-0.05, 0) is 57.7 Å². The molecule has 0 saturated heterocycles. The highest BCUT2D eigenvalue weighted by Crippen LogP contribution is 2.21. The van der Waals surface area contributed by atoms with Gasteiger partial charge in [0.1, 0.15) is 5.56 Å². The number of nitrogens with zero attached hydrogens (tertiary/aromatic N) is 2. The number of aromatic hydroxyl groups is 1. The first-order chi connectivity index (χ1) is 11.0. The van der Waals surface area contributed by atoms with Gasteiger partial charge >= 0.3 is 0 Å². The standard InChI is InChI=1S/C17H25N3O2S/c1-3-12(2)20-16(22)14(15(21)19-17(20)23)11-18-10-9-13-7-5-4-6-8-13/h7,11-12,22H,3-6,8-10H2,1-2H3,(H,19,21,23). The molecule has 0 fully saturated rings. The van der Waals surface area contributed by atoms with E-state index >= 15 is 0 Å². The Kier molecular flexibility index (Phi) is 6.33. The average molecular weight is 335 g/mol. The highest BCUT2D eigenvalue weighted by atomic mass is 32.1. The van der Waals surface area contributed by atoms with Crippen LogP contribution in [-0.4, -0.2) is 27.4 Å². The van der Waals surface area contributed by atoms with Crippen molar-refractivity contribution in [3.63, 3.8) is 0 Å². The van der Waals surface area contributed by atoms with Gasteiger partial charge in [-0.3, -0.25) is 19.3 Å². The zero-order chi connectivity index (χ0) is 16.8. The molecule has 23 heavy (non-hydrogen) atoms. The van der Waals surface area contributed by atoms with Crippen molar-refractivity contribution in [1.29, 1.82) is 0 Å². The molecule has 1 atom stereocenters. The Labute approximate surface area is 141 Å². The number of hydrogen-bond donors (Lipinski definition) is 2. The third-order valence-electron chi connectivity index (χ3n) is 4.35. The summed E-state index contributed by atoms with van der Waals surface area (Å²) in [4.78, 5) is 19.0. The number of nitrogens with one attached hydrogen (secondary N) is 1. The summed E-state index contributed by atoms with van der Waals surface area (Å²) >= 11 is 5.15. The van der Waals surface area contributed by atoms with Crippen LogP contribution in [-0.2, 0) is 0 Å². The van der Waals surface area contributed by atoms with Gasteiger partial charge < -0.3 is 5.11 Å². The molecule has 1 unspecified atom stereocenters. The largest absolute Gasteiger partial charge is 0.494 e. The van der Waals surface area contributed by atoms with Crippen LogP contribution < -0.4 is 5.56 Å². The Balaban J connectivity index is 2.15. The first-order valence-electron chi connectivity index (χ1n) is 8.30. The maximum atomic E-state index is 12.0. The fraction of sp³-hybridized carbons (Fsp3) is 0.588. The van der Waals surface area contributed by atoms with Crippen molar-refractivity contribution >= 4 is 18.4 Å². The van der Waals surface area contributed by atoms with E-state index in [-0.39, 0.29) is 22.3 Å². The minimum atomic E-state index is -0.396. The van der Waals surface area contributed by atoms with Crippen LogP contribution in [0, 0.1) is 4.77 Å². The maximum Gasteiger partial charge on any atom is 0.264 e. The second-order valence-electron chi connectivity index (χ2n) is 6.02. The Hall–Kier alpha value is -1.69. The lowest BCUT2D eigenvalue weighted by molar-refractivity contribution is 0.371. The quantitative estimate of drug-likeness (QED) is 0.471. The van der Waals surface area contributed by atoms with Crippen molar-refractivity contribution in [3.8, 4) is 5.88 Å². The zero-order valence-corrected chi connectivity index (χ0v) is 14.7. The first-order valence-corrected chi connectivity index (χ1v) is 8.71. The molecule has 0 saturated carbocycles. The van der Waals surface area contributed by atoms with Gasteiger partial charge in [0.2, 0.25) is 5.88 Å². The summed E-state index contributed by atoms with van der Waals surface area (Å²) in [5.74, 6) is -0.103. The average Bonchev–Trinajstić information content (AvgIpc) is 2.54. The van der Waals surface area contributed by atoms with E-state index in [1.165, 1.54) is 24.6 Å². The lowest BCUT2D eigenvalue weighted by Crippen LogP contribution is -2.20. The summed E-state index contributed by atoms with van der Waals surface area (Å²) < 4.78 is 1.81. The van der Waals surface area contributed by atoms with Gasteiger partial charge in [0, 0.05) is 18.8 Å². The summed E-state index contributed by atoms with van der Waals surface area (Å²) in [6.45, 7) is 4.58. The van der Waals surface area contributed by atoms with Gasteiger partial charge in [0.15, 0.2) is 4.77 Å². The molecule has 0 amide bonds. The normalized spacial score (nSPS) is 16.5. The van der Waals surface area contributed by atoms with Crippen LogP contribution >= 0.6 is 12.2 Å². The Morgan fingerprint density at radius 1 is 1.52 bits per heavy atom. The molecule has 1 aliphatic rings. The van der Waals surface area contributed by atoms with Gasteiger partial charge in [-0.25, -0.2) is 0 Å². The molecule has 2 rings (SSSR count). The van der Waals surface area contributed by atoms with Crippen molar-refractivity contribution in [3.05, 3.63) is 32.3 Å². The van der Waals surface area contributed by atoms with E-state index in [1.807, 2.05) is 13.8 Å². The number of rotatable bonds is 6. The molecule has 1 aliphatic carbocycles. The van der Waals surface area contributed by atoms with Crippen LogP contribution in [0.4, 0.5) is 0 Å². The number of aliphatic imine (C=N–C) groups is 1. The number of hydrogen-bond acceptors (Lipinski definition) is 4. The first kappa shape index (κ1) is 17.7. The SMILES string of the molecule is CCC(C)n1c(O)c(C=NCCC2=CCCCC2)c(=O)[nH]c1=S. The molecule has 1 heterocycles. The van der Waals surface area contributed by atoms with E-state index in [0.717, 1.165) is 25.7 Å². The molecule has 5 nitrogen and oxygen atoms in total. The van der Waals surface area contributed by atoms with E-state index in [9.17, 15) is 9.90 Å². The van der Waals surface area contributed by atoms with Crippen molar-refractivity contribution in [2.45, 2.75) is 58.4 Å². The third kappa shape index (κ3) is 4.41. The van der Waals surface area contributed by atoms with Crippen LogP contribution in [0.3, 0.4) is 0 Å². The summed E-state index contributed by atoms with van der Waals surface area (Å²) in [5, 5.41) is 10.4. The summed E-state index contributed by atoms with van der Waals surface area (Å²) in [7, 11) is 0. The van der Waals surface area contributed by atoms with Crippen molar-refractivity contribution in [2.24, 2.45) is 4.99 Å². The molecule has 0 spiro atoms. The van der Waals surface area contributed by atoms with Gasteiger partial charge in [0.05, 0.1) is 0 Å². The molecule has 1 aromatic heterocycles. The monoisotopic (exact) mass is 335 g/mol. The fourth-order valence-corrected chi connectivity index (χ4v) is 3.11. The maximum absolute atomic E-state index is 12.0. The second kappa shape index (κ2) is 8.24. The van der Waals surface area contributed by atoms with Gasteiger partial charge in [-0.2, -0.15) is 0 Å². The lowest BCUT2D eigenvalue weighted by atomic mass is 9.97. The summed E-state index contributed by atoms with van der Waals surface area (Å²) in [6.07, 6.45) is 10.3. The van der Waals surface area contributed by atoms with E-state index in [1.54, 1.807) is 4.57 Å². The van der Waals surface area contributed by atoms with Crippen molar-refractivity contribution in [1.82, 2.24) is 9.55 Å². The van der Waals surface area contributed by atoms with E-state index in [4.69, 9.17) is 12.2 Å². The highest BCUT2D eigenvalue weighted by Gasteiger charge is 2.14. The minimum Gasteiger partial charge on any atom is -0.494 e. The van der Waals surface area contributed by atoms with Gasteiger partial charge in [-0.1, -0.05) is 18.6 Å². The number of H-pyrrole nitrogens is 1. The number of allylic oxidation sites excluding steroid dienone is 1.